The number of likely N-dealkylation sites (tertiary alicyclic amines) is 1. The minimum Gasteiger partial charge on any atom is -0.384 e. The molecule has 2 fully saturated rings. The van der Waals surface area contributed by atoms with Crippen LogP contribution in [0.4, 0.5) is 10.5 Å². The number of nitrogens with one attached hydrogen (secondary N) is 2. The van der Waals surface area contributed by atoms with Crippen molar-refractivity contribution in [2.75, 3.05) is 18.0 Å². The maximum atomic E-state index is 13.7. The summed E-state index contributed by atoms with van der Waals surface area (Å²) in [4.78, 5) is 18.1. The monoisotopic (exact) mass is 447 g/mol. The van der Waals surface area contributed by atoms with Crippen LogP contribution in [-0.2, 0) is 6.54 Å². The Labute approximate surface area is 197 Å². The lowest BCUT2D eigenvalue weighted by molar-refractivity contribution is 0.191. The first-order chi connectivity index (χ1) is 16.1. The number of rotatable bonds is 6. The third-order valence-electron chi connectivity index (χ3n) is 6.93. The van der Waals surface area contributed by atoms with E-state index in [-0.39, 0.29) is 24.0 Å². The van der Waals surface area contributed by atoms with E-state index in [2.05, 4.69) is 34.5 Å². The molecule has 1 atom stereocenters. The molecule has 2 aromatic carbocycles. The number of nitrogens with zero attached hydrogens (tertiary/aromatic N) is 2. The van der Waals surface area contributed by atoms with Crippen LogP contribution in [0.15, 0.2) is 54.6 Å². The maximum Gasteiger partial charge on any atom is 0.322 e. The van der Waals surface area contributed by atoms with Crippen LogP contribution in [0.5, 0.6) is 0 Å². The molecule has 1 heterocycles. The highest BCUT2D eigenvalue weighted by atomic mass is 16.2. The van der Waals surface area contributed by atoms with Gasteiger partial charge in [-0.05, 0) is 49.9 Å². The lowest BCUT2D eigenvalue weighted by Crippen LogP contribution is -2.54. The number of anilines is 1. The average molecular weight is 448 g/mol. The molecule has 0 aromatic heterocycles. The number of urea groups is 1. The predicted molar refractivity (Wildman–Crippen MR) is 135 cm³/mol. The number of nitrogen functional groups attached to an aromatic ring is 1. The third-order valence-corrected chi connectivity index (χ3v) is 6.93. The van der Waals surface area contributed by atoms with Gasteiger partial charge in [0.1, 0.15) is 5.84 Å². The number of benzene rings is 2. The largest absolute Gasteiger partial charge is 0.384 e. The summed E-state index contributed by atoms with van der Waals surface area (Å²) in [7, 11) is 0. The Balaban J connectivity index is 1.55. The molecule has 1 saturated heterocycles. The third kappa shape index (κ3) is 6.35. The van der Waals surface area contributed by atoms with Gasteiger partial charge in [0.25, 0.3) is 0 Å². The lowest BCUT2D eigenvalue weighted by Gasteiger charge is -2.40. The standard InChI is InChI=1S/C27H37N5O/c28-26(29)22-12-8-15-24(18-22)32(27(33)30-23-13-6-1-2-7-14-23)25-16-9-17-31(20-25)19-21-10-4-3-5-11-21/h3-5,8,10-12,15,18,23,25H,1-2,6-7,9,13-14,16-17,19-20H2,(H3,28,29)(H,30,33). The van der Waals surface area contributed by atoms with Crippen LogP contribution in [0.1, 0.15) is 62.5 Å². The first kappa shape index (κ1) is 23.3. The Morgan fingerprint density at radius 2 is 1.76 bits per heavy atom. The molecule has 2 aliphatic rings. The highest BCUT2D eigenvalue weighted by molar-refractivity contribution is 5.98. The second-order valence-electron chi connectivity index (χ2n) is 9.49. The van der Waals surface area contributed by atoms with Gasteiger partial charge in [0.15, 0.2) is 0 Å². The highest BCUT2D eigenvalue weighted by Gasteiger charge is 2.31. The second kappa shape index (κ2) is 11.3. The van der Waals surface area contributed by atoms with Gasteiger partial charge in [0.05, 0.1) is 6.04 Å². The molecule has 2 amide bonds. The van der Waals surface area contributed by atoms with Gasteiger partial charge in [0, 0.05) is 30.4 Å². The topological polar surface area (TPSA) is 85.5 Å². The summed E-state index contributed by atoms with van der Waals surface area (Å²) in [5, 5.41) is 11.2. The molecule has 6 nitrogen and oxygen atoms in total. The van der Waals surface area contributed by atoms with Gasteiger partial charge in [-0.15, -0.1) is 0 Å². The smallest absolute Gasteiger partial charge is 0.322 e. The summed E-state index contributed by atoms with van der Waals surface area (Å²) in [6, 6.07) is 18.4. The second-order valence-corrected chi connectivity index (χ2v) is 9.49. The Morgan fingerprint density at radius 1 is 1.00 bits per heavy atom. The van der Waals surface area contributed by atoms with E-state index in [1.54, 1.807) is 0 Å². The molecule has 1 saturated carbocycles. The molecule has 4 rings (SSSR count). The first-order valence-corrected chi connectivity index (χ1v) is 12.4. The number of hydrogen-bond acceptors (Lipinski definition) is 3. The van der Waals surface area contributed by atoms with Gasteiger partial charge in [0.2, 0.25) is 0 Å². The van der Waals surface area contributed by atoms with Crippen LogP contribution in [-0.4, -0.2) is 41.9 Å². The number of piperidine rings is 1. The van der Waals surface area contributed by atoms with E-state index in [1.165, 1.54) is 31.2 Å². The molecule has 0 bridgehead atoms. The molecule has 1 unspecified atom stereocenters. The summed E-state index contributed by atoms with van der Waals surface area (Å²) in [5.74, 6) is 0.0234. The van der Waals surface area contributed by atoms with Gasteiger partial charge in [-0.3, -0.25) is 15.2 Å². The predicted octanol–water partition coefficient (Wildman–Crippen LogP) is 4.87. The van der Waals surface area contributed by atoms with Crippen molar-refractivity contribution in [2.24, 2.45) is 5.73 Å². The van der Waals surface area contributed by atoms with Crippen LogP contribution in [0.25, 0.3) is 0 Å². The average Bonchev–Trinajstić information content (AvgIpc) is 3.09. The highest BCUT2D eigenvalue weighted by Crippen LogP contribution is 2.26. The number of carbonyl (C=O) groups excluding carboxylic acids is 1. The van der Waals surface area contributed by atoms with E-state index in [0.717, 1.165) is 51.0 Å². The van der Waals surface area contributed by atoms with Crippen molar-refractivity contribution >= 4 is 17.6 Å². The van der Waals surface area contributed by atoms with Crippen molar-refractivity contribution in [1.82, 2.24) is 10.2 Å². The number of hydrogen-bond donors (Lipinski definition) is 3. The van der Waals surface area contributed by atoms with Crippen LogP contribution in [0, 0.1) is 5.41 Å². The number of carbonyl (C=O) groups is 1. The van der Waals surface area contributed by atoms with Crippen molar-refractivity contribution < 1.29 is 4.79 Å². The van der Waals surface area contributed by atoms with Gasteiger partial charge in [-0.1, -0.05) is 68.1 Å². The van der Waals surface area contributed by atoms with Crippen LogP contribution >= 0.6 is 0 Å². The van der Waals surface area contributed by atoms with E-state index >= 15 is 0 Å². The first-order valence-electron chi connectivity index (χ1n) is 12.4. The summed E-state index contributed by atoms with van der Waals surface area (Å²) in [5.41, 5.74) is 8.54. The van der Waals surface area contributed by atoms with Gasteiger partial charge < -0.3 is 11.1 Å². The van der Waals surface area contributed by atoms with Crippen molar-refractivity contribution in [3.63, 3.8) is 0 Å². The Bertz CT molecular complexity index is 923. The Hall–Kier alpha value is -2.86. The minimum absolute atomic E-state index is 0.0193. The molecule has 0 spiro atoms. The fraction of sp³-hybridized carbons (Fsp3) is 0.481. The number of nitrogens with two attached hydrogens (primary N) is 1. The van der Waals surface area contributed by atoms with E-state index < -0.39 is 0 Å². The van der Waals surface area contributed by atoms with Gasteiger partial charge in [-0.2, -0.15) is 0 Å². The molecule has 1 aliphatic carbocycles. The molecular formula is C27H37N5O. The molecule has 6 heteroatoms. The fourth-order valence-electron chi connectivity index (χ4n) is 5.21. The van der Waals surface area contributed by atoms with E-state index in [4.69, 9.17) is 11.1 Å². The maximum absolute atomic E-state index is 13.7. The SMILES string of the molecule is N=C(N)c1cccc(N(C(=O)NC2CCCCCC2)C2CCCN(Cc3ccccc3)C2)c1. The van der Waals surface area contributed by atoms with Crippen molar-refractivity contribution in [3.05, 3.63) is 65.7 Å². The van der Waals surface area contributed by atoms with Crippen molar-refractivity contribution in [2.45, 2.75) is 70.0 Å². The molecule has 2 aromatic rings. The summed E-state index contributed by atoms with van der Waals surface area (Å²) in [6.07, 6.45) is 9.00. The molecule has 33 heavy (non-hydrogen) atoms. The van der Waals surface area contributed by atoms with Crippen molar-refractivity contribution in [3.8, 4) is 0 Å². The molecule has 0 radical (unpaired) electrons. The summed E-state index contributed by atoms with van der Waals surface area (Å²) >= 11 is 0. The zero-order valence-corrected chi connectivity index (χ0v) is 19.5. The Morgan fingerprint density at radius 3 is 2.48 bits per heavy atom. The molecule has 176 valence electrons. The van der Waals surface area contributed by atoms with Crippen LogP contribution in [0.2, 0.25) is 0 Å². The quantitative estimate of drug-likeness (QED) is 0.335. The van der Waals surface area contributed by atoms with Gasteiger partial charge in [-0.25, -0.2) is 4.79 Å². The minimum atomic E-state index is -0.0193. The van der Waals surface area contributed by atoms with Crippen LogP contribution < -0.4 is 16.0 Å². The lowest BCUT2D eigenvalue weighted by atomic mass is 10.0. The van der Waals surface area contributed by atoms with Gasteiger partial charge >= 0.3 is 6.03 Å². The van der Waals surface area contributed by atoms with E-state index in [1.807, 2.05) is 35.2 Å². The van der Waals surface area contributed by atoms with Crippen molar-refractivity contribution in [1.29, 1.82) is 5.41 Å². The van der Waals surface area contributed by atoms with Crippen LogP contribution in [0.3, 0.4) is 0 Å². The number of amidine groups is 1. The normalized spacial score (nSPS) is 20.1. The summed E-state index contributed by atoms with van der Waals surface area (Å²) < 4.78 is 0. The van der Waals surface area contributed by atoms with E-state index in [9.17, 15) is 4.79 Å². The summed E-state index contributed by atoms with van der Waals surface area (Å²) in [6.45, 7) is 2.76. The fourth-order valence-corrected chi connectivity index (χ4v) is 5.21. The van der Waals surface area contributed by atoms with E-state index in [0.29, 0.717) is 5.56 Å². The molecular weight excluding hydrogens is 410 g/mol. The zero-order valence-electron chi connectivity index (χ0n) is 19.5. The number of amides is 2. The Kier molecular flexibility index (Phi) is 8.00. The molecule has 4 N–H and O–H groups in total. The molecule has 1 aliphatic heterocycles. The zero-order chi connectivity index (χ0) is 23.0.